The number of nitrogens with one attached hydrogen (secondary N) is 1. The molecule has 1 N–H and O–H groups in total. The van der Waals surface area contributed by atoms with Gasteiger partial charge >= 0.3 is 0 Å². The third kappa shape index (κ3) is 4.13. The number of H-pyrrole nitrogens is 1. The molecule has 0 saturated carbocycles. The standard InChI is InChI=1S/C21H17ClN2O3/c1-13-8-17(19(11-23)21(25)24-13)18-10-15(22)6-7-20(18)27-12-14-4-3-5-16(9-14)26-2/h3-10H,12H2,1-2H3,(H,24,25). The summed E-state index contributed by atoms with van der Waals surface area (Å²) < 4.78 is 11.2. The molecule has 2 aromatic carbocycles. The number of halogens is 1. The zero-order valence-corrected chi connectivity index (χ0v) is 15.6. The van der Waals surface area contributed by atoms with Gasteiger partial charge in [0.15, 0.2) is 0 Å². The third-order valence-corrected chi connectivity index (χ3v) is 4.28. The highest BCUT2D eigenvalue weighted by atomic mass is 35.5. The van der Waals surface area contributed by atoms with E-state index in [2.05, 4.69) is 4.98 Å². The summed E-state index contributed by atoms with van der Waals surface area (Å²) in [5.74, 6) is 1.27. The number of hydrogen-bond donors (Lipinski definition) is 1. The van der Waals surface area contributed by atoms with Crippen LogP contribution >= 0.6 is 11.6 Å². The summed E-state index contributed by atoms with van der Waals surface area (Å²) in [6.07, 6.45) is 0. The van der Waals surface area contributed by atoms with Gasteiger partial charge in [0, 0.05) is 21.8 Å². The summed E-state index contributed by atoms with van der Waals surface area (Å²) >= 11 is 6.16. The van der Waals surface area contributed by atoms with Gasteiger partial charge < -0.3 is 14.5 Å². The second kappa shape index (κ2) is 7.98. The molecule has 0 aliphatic carbocycles. The molecule has 3 rings (SSSR count). The maximum Gasteiger partial charge on any atom is 0.266 e. The first-order valence-electron chi connectivity index (χ1n) is 8.21. The molecule has 0 aliphatic heterocycles. The lowest BCUT2D eigenvalue weighted by Crippen LogP contribution is -2.13. The number of aromatic amines is 1. The predicted octanol–water partition coefficient (Wildman–Crippen LogP) is 4.46. The van der Waals surface area contributed by atoms with Crippen molar-refractivity contribution < 1.29 is 9.47 Å². The van der Waals surface area contributed by atoms with Gasteiger partial charge in [-0.05, 0) is 48.9 Å². The second-order valence-electron chi connectivity index (χ2n) is 5.96. The number of aryl methyl sites for hydroxylation is 1. The van der Waals surface area contributed by atoms with E-state index in [9.17, 15) is 10.1 Å². The number of benzene rings is 2. The number of rotatable bonds is 5. The van der Waals surface area contributed by atoms with Gasteiger partial charge in [0.2, 0.25) is 0 Å². The van der Waals surface area contributed by atoms with Crippen LogP contribution in [-0.2, 0) is 6.61 Å². The topological polar surface area (TPSA) is 75.1 Å². The van der Waals surface area contributed by atoms with Gasteiger partial charge in [-0.25, -0.2) is 0 Å². The van der Waals surface area contributed by atoms with Gasteiger partial charge in [0.25, 0.3) is 5.56 Å². The van der Waals surface area contributed by atoms with Crippen LogP contribution in [-0.4, -0.2) is 12.1 Å². The zero-order valence-electron chi connectivity index (χ0n) is 14.9. The van der Waals surface area contributed by atoms with Crippen LogP contribution < -0.4 is 15.0 Å². The maximum atomic E-state index is 12.1. The minimum Gasteiger partial charge on any atom is -0.497 e. The number of methoxy groups -OCH3 is 1. The van der Waals surface area contributed by atoms with Crippen LogP contribution in [0.1, 0.15) is 16.8 Å². The number of nitriles is 1. The molecule has 136 valence electrons. The van der Waals surface area contributed by atoms with E-state index < -0.39 is 5.56 Å². The summed E-state index contributed by atoms with van der Waals surface area (Å²) in [4.78, 5) is 14.8. The van der Waals surface area contributed by atoms with Crippen LogP contribution in [0.25, 0.3) is 11.1 Å². The molecule has 0 atom stereocenters. The van der Waals surface area contributed by atoms with Crippen LogP contribution in [0.2, 0.25) is 5.02 Å². The Morgan fingerprint density at radius 3 is 2.70 bits per heavy atom. The van der Waals surface area contributed by atoms with E-state index >= 15 is 0 Å². The highest BCUT2D eigenvalue weighted by Crippen LogP contribution is 2.34. The van der Waals surface area contributed by atoms with Crippen molar-refractivity contribution >= 4 is 11.6 Å². The molecule has 27 heavy (non-hydrogen) atoms. The summed E-state index contributed by atoms with van der Waals surface area (Å²) in [6, 6.07) is 16.4. The molecule has 0 aliphatic rings. The molecular formula is C21H17ClN2O3. The number of aromatic nitrogens is 1. The SMILES string of the molecule is COc1cccc(COc2ccc(Cl)cc2-c2cc(C)[nH]c(=O)c2C#N)c1. The Morgan fingerprint density at radius 2 is 1.96 bits per heavy atom. The van der Waals surface area contributed by atoms with Gasteiger partial charge in [-0.3, -0.25) is 4.79 Å². The second-order valence-corrected chi connectivity index (χ2v) is 6.40. The Hall–Kier alpha value is -3.23. The smallest absolute Gasteiger partial charge is 0.266 e. The summed E-state index contributed by atoms with van der Waals surface area (Å²) in [5, 5.41) is 9.91. The lowest BCUT2D eigenvalue weighted by atomic mass is 10.00. The van der Waals surface area contributed by atoms with Gasteiger partial charge in [0.1, 0.15) is 29.7 Å². The monoisotopic (exact) mass is 380 g/mol. The summed E-state index contributed by atoms with van der Waals surface area (Å²) in [7, 11) is 1.61. The fraction of sp³-hybridized carbons (Fsp3) is 0.143. The van der Waals surface area contributed by atoms with E-state index in [1.807, 2.05) is 30.3 Å². The fourth-order valence-electron chi connectivity index (χ4n) is 2.77. The molecular weight excluding hydrogens is 364 g/mol. The molecule has 0 radical (unpaired) electrons. The highest BCUT2D eigenvalue weighted by Gasteiger charge is 2.15. The third-order valence-electron chi connectivity index (χ3n) is 4.04. The van der Waals surface area contributed by atoms with Gasteiger partial charge in [-0.2, -0.15) is 5.26 Å². The minimum absolute atomic E-state index is 0.0223. The summed E-state index contributed by atoms with van der Waals surface area (Å²) in [5.41, 5.74) is 2.24. The zero-order chi connectivity index (χ0) is 19.4. The van der Waals surface area contributed by atoms with Gasteiger partial charge in [-0.1, -0.05) is 23.7 Å². The van der Waals surface area contributed by atoms with E-state index in [-0.39, 0.29) is 5.56 Å². The van der Waals surface area contributed by atoms with Crippen molar-refractivity contribution in [2.75, 3.05) is 7.11 Å². The Labute approximate surface area is 161 Å². The Balaban J connectivity index is 2.02. The van der Waals surface area contributed by atoms with Crippen LogP contribution in [0.5, 0.6) is 11.5 Å². The van der Waals surface area contributed by atoms with Crippen molar-refractivity contribution in [2.24, 2.45) is 0 Å². The normalized spacial score (nSPS) is 10.3. The molecule has 0 amide bonds. The van der Waals surface area contributed by atoms with Crippen molar-refractivity contribution in [3.05, 3.63) is 80.7 Å². The number of nitrogens with zero attached hydrogens (tertiary/aromatic N) is 1. The van der Waals surface area contributed by atoms with Crippen LogP contribution in [0, 0.1) is 18.3 Å². The van der Waals surface area contributed by atoms with E-state index in [0.29, 0.717) is 34.2 Å². The van der Waals surface area contributed by atoms with Gasteiger partial charge in [-0.15, -0.1) is 0 Å². The molecule has 0 bridgehead atoms. The fourth-order valence-corrected chi connectivity index (χ4v) is 2.95. The quantitative estimate of drug-likeness (QED) is 0.708. The van der Waals surface area contributed by atoms with E-state index in [1.165, 1.54) is 0 Å². The molecule has 0 unspecified atom stereocenters. The molecule has 3 aromatic rings. The predicted molar refractivity (Wildman–Crippen MR) is 104 cm³/mol. The van der Waals surface area contributed by atoms with Crippen molar-refractivity contribution in [1.29, 1.82) is 5.26 Å². The molecule has 0 saturated heterocycles. The van der Waals surface area contributed by atoms with Crippen molar-refractivity contribution in [2.45, 2.75) is 13.5 Å². The van der Waals surface area contributed by atoms with Crippen LogP contribution in [0.3, 0.4) is 0 Å². The molecule has 0 spiro atoms. The Kier molecular flexibility index (Phi) is 5.49. The van der Waals surface area contributed by atoms with Crippen molar-refractivity contribution in [3.8, 4) is 28.7 Å². The van der Waals surface area contributed by atoms with Crippen LogP contribution in [0.15, 0.2) is 53.3 Å². The minimum atomic E-state index is -0.439. The molecule has 1 heterocycles. The average molecular weight is 381 g/mol. The highest BCUT2D eigenvalue weighted by molar-refractivity contribution is 6.31. The van der Waals surface area contributed by atoms with E-state index in [1.54, 1.807) is 38.3 Å². The Bertz CT molecular complexity index is 1080. The number of hydrogen-bond acceptors (Lipinski definition) is 4. The average Bonchev–Trinajstić information content (AvgIpc) is 2.66. The number of ether oxygens (including phenoxy) is 2. The summed E-state index contributed by atoms with van der Waals surface area (Å²) in [6.45, 7) is 2.06. The van der Waals surface area contributed by atoms with E-state index in [0.717, 1.165) is 11.3 Å². The largest absolute Gasteiger partial charge is 0.497 e. The molecule has 6 heteroatoms. The van der Waals surface area contributed by atoms with E-state index in [4.69, 9.17) is 21.1 Å². The number of pyridine rings is 1. The first-order chi connectivity index (χ1) is 13.0. The first kappa shape index (κ1) is 18.6. The molecule has 5 nitrogen and oxygen atoms in total. The lowest BCUT2D eigenvalue weighted by Gasteiger charge is -2.14. The molecule has 0 fully saturated rings. The maximum absolute atomic E-state index is 12.1. The van der Waals surface area contributed by atoms with Crippen molar-refractivity contribution in [3.63, 3.8) is 0 Å². The van der Waals surface area contributed by atoms with Gasteiger partial charge in [0.05, 0.1) is 7.11 Å². The van der Waals surface area contributed by atoms with Crippen LogP contribution in [0.4, 0.5) is 0 Å². The molecule has 1 aromatic heterocycles. The lowest BCUT2D eigenvalue weighted by molar-refractivity contribution is 0.306. The first-order valence-corrected chi connectivity index (χ1v) is 8.59. The Morgan fingerprint density at radius 1 is 1.15 bits per heavy atom. The van der Waals surface area contributed by atoms with Crippen molar-refractivity contribution in [1.82, 2.24) is 4.98 Å².